The molecule has 34 heavy (non-hydrogen) atoms. The lowest BCUT2D eigenvalue weighted by atomic mass is 9.97. The maximum absolute atomic E-state index is 12.9. The number of ether oxygens (including phenoxy) is 1. The van der Waals surface area contributed by atoms with Crippen molar-refractivity contribution in [3.05, 3.63) is 59.7 Å². The number of benzene rings is 2. The number of hydrogen-bond acceptors (Lipinski definition) is 5. The molecule has 0 saturated carbocycles. The fraction of sp³-hybridized carbons (Fsp3) is 0.423. The van der Waals surface area contributed by atoms with Gasteiger partial charge in [0.15, 0.2) is 0 Å². The quantitative estimate of drug-likeness (QED) is 0.440. The van der Waals surface area contributed by atoms with Gasteiger partial charge in [-0.15, -0.1) is 0 Å². The third-order valence-corrected chi connectivity index (χ3v) is 6.98. The van der Waals surface area contributed by atoms with E-state index in [1.54, 1.807) is 0 Å². The van der Waals surface area contributed by atoms with Crippen molar-refractivity contribution in [3.8, 4) is 11.1 Å². The predicted octanol–water partition coefficient (Wildman–Crippen LogP) is 4.26. The van der Waals surface area contributed by atoms with Gasteiger partial charge in [-0.3, -0.25) is 4.79 Å². The average molecular weight is 485 g/mol. The zero-order chi connectivity index (χ0) is 24.7. The van der Waals surface area contributed by atoms with Gasteiger partial charge in [0, 0.05) is 5.92 Å². The van der Waals surface area contributed by atoms with E-state index in [0.29, 0.717) is 18.6 Å². The summed E-state index contributed by atoms with van der Waals surface area (Å²) in [4.78, 5) is 37.2. The standard InChI is InChI=1S/C26H32N2O5S/c1-4-16(2)23(24(29)27-22(25(30)31)13-14-34-3)28-26(32)33-15-21-19-11-7-5-9-17(19)18-10-6-8-12-20(18)21/h5-12,16,21-23H,4,13-15H2,1-3H3,(H,27,29)(H,28,32)(H,30,31)/t16-,22?,23-/m0/s1. The molecule has 0 saturated heterocycles. The molecule has 3 rings (SSSR count). The minimum atomic E-state index is -1.09. The van der Waals surface area contributed by atoms with E-state index in [1.807, 2.05) is 56.5 Å². The van der Waals surface area contributed by atoms with Crippen LogP contribution in [0, 0.1) is 5.92 Å². The van der Waals surface area contributed by atoms with Gasteiger partial charge in [0.05, 0.1) is 0 Å². The Hall–Kier alpha value is -3.00. The maximum Gasteiger partial charge on any atom is 0.407 e. The first-order chi connectivity index (χ1) is 16.4. The second-order valence-electron chi connectivity index (χ2n) is 8.51. The lowest BCUT2D eigenvalue weighted by Gasteiger charge is -2.25. The fourth-order valence-corrected chi connectivity index (χ4v) is 4.69. The van der Waals surface area contributed by atoms with Crippen LogP contribution in [-0.4, -0.2) is 53.8 Å². The number of carboxylic acids is 1. The molecule has 0 fully saturated rings. The molecule has 1 aliphatic rings. The van der Waals surface area contributed by atoms with Gasteiger partial charge in [0.2, 0.25) is 5.91 Å². The van der Waals surface area contributed by atoms with Gasteiger partial charge >= 0.3 is 12.1 Å². The van der Waals surface area contributed by atoms with Crippen molar-refractivity contribution < 1.29 is 24.2 Å². The summed E-state index contributed by atoms with van der Waals surface area (Å²) in [6.45, 7) is 3.89. The average Bonchev–Trinajstić information content (AvgIpc) is 3.16. The number of carbonyl (C=O) groups excluding carboxylic acids is 2. The molecule has 7 nitrogen and oxygen atoms in total. The topological polar surface area (TPSA) is 105 Å². The van der Waals surface area contributed by atoms with Crippen LogP contribution in [0.15, 0.2) is 48.5 Å². The molecule has 0 aliphatic heterocycles. The number of aliphatic carboxylic acids is 1. The van der Waals surface area contributed by atoms with Crippen molar-refractivity contribution in [2.75, 3.05) is 18.6 Å². The number of carboxylic acid groups (broad SMARTS) is 1. The lowest BCUT2D eigenvalue weighted by Crippen LogP contribution is -2.54. The maximum atomic E-state index is 12.9. The van der Waals surface area contributed by atoms with Crippen LogP contribution in [0.2, 0.25) is 0 Å². The van der Waals surface area contributed by atoms with E-state index in [2.05, 4.69) is 22.8 Å². The lowest BCUT2D eigenvalue weighted by molar-refractivity contribution is -0.142. The van der Waals surface area contributed by atoms with Gasteiger partial charge in [-0.25, -0.2) is 9.59 Å². The molecule has 2 aromatic carbocycles. The largest absolute Gasteiger partial charge is 0.480 e. The molecule has 1 unspecified atom stereocenters. The number of thioether (sulfide) groups is 1. The molecule has 0 heterocycles. The van der Waals surface area contributed by atoms with Crippen LogP contribution in [0.5, 0.6) is 0 Å². The van der Waals surface area contributed by atoms with Gasteiger partial charge in [0.25, 0.3) is 0 Å². The predicted molar refractivity (Wildman–Crippen MR) is 134 cm³/mol. The molecule has 1 aliphatic carbocycles. The van der Waals surface area contributed by atoms with Crippen molar-refractivity contribution >= 4 is 29.7 Å². The molecule has 3 N–H and O–H groups in total. The molecule has 3 atom stereocenters. The summed E-state index contributed by atoms with van der Waals surface area (Å²) >= 11 is 1.51. The van der Waals surface area contributed by atoms with E-state index in [4.69, 9.17) is 4.74 Å². The van der Waals surface area contributed by atoms with E-state index in [9.17, 15) is 19.5 Å². The smallest absolute Gasteiger partial charge is 0.407 e. The molecule has 2 amide bonds. The number of rotatable bonds is 11. The molecule has 0 aromatic heterocycles. The first kappa shape index (κ1) is 25.6. The Morgan fingerprint density at radius 3 is 2.15 bits per heavy atom. The zero-order valence-electron chi connectivity index (χ0n) is 19.7. The third-order valence-electron chi connectivity index (χ3n) is 6.34. The SMILES string of the molecule is CC[C@H](C)[C@H](NC(=O)OCC1c2ccccc2-c2ccccc21)C(=O)NC(CCSC)C(=O)O. The molecule has 0 spiro atoms. The third kappa shape index (κ3) is 5.91. The Labute approximate surface area is 204 Å². The van der Waals surface area contributed by atoms with Crippen molar-refractivity contribution in [2.24, 2.45) is 5.92 Å². The van der Waals surface area contributed by atoms with E-state index < -0.39 is 30.1 Å². The summed E-state index contributed by atoms with van der Waals surface area (Å²) in [6, 6.07) is 14.2. The van der Waals surface area contributed by atoms with Gasteiger partial charge in [-0.2, -0.15) is 11.8 Å². The number of alkyl carbamates (subject to hydrolysis) is 1. The van der Waals surface area contributed by atoms with E-state index in [-0.39, 0.29) is 18.4 Å². The van der Waals surface area contributed by atoms with Crippen molar-refractivity contribution in [1.29, 1.82) is 0 Å². The molecule has 2 aromatic rings. The van der Waals surface area contributed by atoms with Crippen LogP contribution in [0.4, 0.5) is 4.79 Å². The van der Waals surface area contributed by atoms with Gasteiger partial charge in [-0.1, -0.05) is 68.8 Å². The van der Waals surface area contributed by atoms with Crippen LogP contribution in [-0.2, 0) is 14.3 Å². The minimum absolute atomic E-state index is 0.0861. The van der Waals surface area contributed by atoms with Crippen molar-refractivity contribution in [3.63, 3.8) is 0 Å². The summed E-state index contributed by atoms with van der Waals surface area (Å²) in [5, 5.41) is 14.7. The Morgan fingerprint density at radius 1 is 1.03 bits per heavy atom. The second-order valence-corrected chi connectivity index (χ2v) is 9.50. The first-order valence-corrected chi connectivity index (χ1v) is 12.9. The van der Waals surface area contributed by atoms with E-state index in [0.717, 1.165) is 22.3 Å². The van der Waals surface area contributed by atoms with E-state index >= 15 is 0 Å². The number of carbonyl (C=O) groups is 3. The van der Waals surface area contributed by atoms with Crippen LogP contribution in [0.25, 0.3) is 11.1 Å². The normalized spacial score (nSPS) is 14.9. The Balaban J connectivity index is 1.66. The van der Waals surface area contributed by atoms with Crippen molar-refractivity contribution in [1.82, 2.24) is 10.6 Å². The minimum Gasteiger partial charge on any atom is -0.480 e. The molecule has 182 valence electrons. The van der Waals surface area contributed by atoms with Gasteiger partial charge in [0.1, 0.15) is 18.7 Å². The summed E-state index contributed by atoms with van der Waals surface area (Å²) in [6.07, 6.45) is 2.12. The number of hydrogen-bond donors (Lipinski definition) is 3. The molecule has 0 bridgehead atoms. The van der Waals surface area contributed by atoms with Gasteiger partial charge in [-0.05, 0) is 46.6 Å². The van der Waals surface area contributed by atoms with Gasteiger partial charge < -0.3 is 20.5 Å². The fourth-order valence-electron chi connectivity index (χ4n) is 4.22. The molecule has 8 heteroatoms. The number of nitrogens with one attached hydrogen (secondary N) is 2. The van der Waals surface area contributed by atoms with E-state index in [1.165, 1.54) is 11.8 Å². The zero-order valence-corrected chi connectivity index (χ0v) is 20.6. The Kier molecular flexibility index (Phi) is 8.98. The number of fused-ring (bicyclic) bond motifs is 3. The first-order valence-electron chi connectivity index (χ1n) is 11.5. The molecular weight excluding hydrogens is 452 g/mol. The Morgan fingerprint density at radius 2 is 1.62 bits per heavy atom. The summed E-state index contributed by atoms with van der Waals surface area (Å²) < 4.78 is 5.58. The highest BCUT2D eigenvalue weighted by Gasteiger charge is 2.32. The highest BCUT2D eigenvalue weighted by molar-refractivity contribution is 7.98. The highest BCUT2D eigenvalue weighted by atomic mass is 32.2. The highest BCUT2D eigenvalue weighted by Crippen LogP contribution is 2.44. The number of amides is 2. The summed E-state index contributed by atoms with van der Waals surface area (Å²) in [7, 11) is 0. The van der Waals surface area contributed by atoms with Crippen molar-refractivity contribution in [2.45, 2.75) is 44.7 Å². The monoisotopic (exact) mass is 484 g/mol. The molecular formula is C26H32N2O5S. The summed E-state index contributed by atoms with van der Waals surface area (Å²) in [5.74, 6) is -1.29. The van der Waals surface area contributed by atoms with Crippen LogP contribution < -0.4 is 10.6 Å². The van der Waals surface area contributed by atoms with Crippen LogP contribution in [0.1, 0.15) is 43.7 Å². The summed E-state index contributed by atoms with van der Waals surface area (Å²) in [5.41, 5.74) is 4.47. The second kappa shape index (κ2) is 11.9. The van der Waals surface area contributed by atoms with Crippen LogP contribution >= 0.6 is 11.8 Å². The van der Waals surface area contributed by atoms with Crippen LogP contribution in [0.3, 0.4) is 0 Å². The Bertz CT molecular complexity index is 982. The molecule has 0 radical (unpaired) electrons.